The summed E-state index contributed by atoms with van der Waals surface area (Å²) in [5, 5.41) is 0. The van der Waals surface area contributed by atoms with Gasteiger partial charge in [-0.1, -0.05) is 26.0 Å². The molecule has 0 unspecified atom stereocenters. The van der Waals surface area contributed by atoms with Crippen molar-refractivity contribution in [3.8, 4) is 0 Å². The minimum Gasteiger partial charge on any atom is -0.355 e. The van der Waals surface area contributed by atoms with Crippen LogP contribution in [0, 0.1) is 25.6 Å². The van der Waals surface area contributed by atoms with Crippen molar-refractivity contribution < 1.29 is 4.39 Å². The van der Waals surface area contributed by atoms with Crippen LogP contribution >= 0.6 is 0 Å². The third-order valence-electron chi connectivity index (χ3n) is 5.43. The highest BCUT2D eigenvalue weighted by atomic mass is 19.1. The lowest BCUT2D eigenvalue weighted by Crippen LogP contribution is -2.44. The molecule has 2 aromatic rings. The molecule has 2 heterocycles. The van der Waals surface area contributed by atoms with Crippen LogP contribution in [0.15, 0.2) is 30.6 Å². The summed E-state index contributed by atoms with van der Waals surface area (Å²) >= 11 is 0. The van der Waals surface area contributed by atoms with Gasteiger partial charge in [0, 0.05) is 43.5 Å². The highest BCUT2D eigenvalue weighted by Gasteiger charge is 2.28. The third kappa shape index (κ3) is 4.21. The molecule has 1 aromatic heterocycles. The first-order chi connectivity index (χ1) is 12.5. The first-order valence-electron chi connectivity index (χ1n) is 9.47. The summed E-state index contributed by atoms with van der Waals surface area (Å²) < 4.78 is 13.2. The molecule has 5 heteroatoms. The molecule has 26 heavy (non-hydrogen) atoms. The van der Waals surface area contributed by atoms with E-state index in [9.17, 15) is 4.39 Å². The first kappa shape index (κ1) is 18.8. The molecule has 1 aromatic carbocycles. The molecule has 0 radical (unpaired) electrons. The fraction of sp³-hybridized carbons (Fsp3) is 0.524. The summed E-state index contributed by atoms with van der Waals surface area (Å²) in [6, 6.07) is 7.33. The molecule has 1 atom stereocenters. The molecule has 1 fully saturated rings. The Kier molecular flexibility index (Phi) is 5.87. The van der Waals surface area contributed by atoms with Gasteiger partial charge < -0.3 is 4.90 Å². The van der Waals surface area contributed by atoms with Crippen molar-refractivity contribution in [2.24, 2.45) is 5.92 Å². The molecule has 0 aliphatic carbocycles. The van der Waals surface area contributed by atoms with Gasteiger partial charge in [0.15, 0.2) is 0 Å². The summed E-state index contributed by atoms with van der Waals surface area (Å²) in [5.74, 6) is 1.41. The minimum atomic E-state index is -0.175. The van der Waals surface area contributed by atoms with Crippen molar-refractivity contribution in [2.45, 2.75) is 46.7 Å². The predicted octanol–water partition coefficient (Wildman–Crippen LogP) is 3.97. The molecular formula is C21H29FN4. The Morgan fingerprint density at radius 1 is 1.12 bits per heavy atom. The lowest BCUT2D eigenvalue weighted by Gasteiger charge is -2.35. The lowest BCUT2D eigenvalue weighted by atomic mass is 10.0. The minimum absolute atomic E-state index is 0.175. The van der Waals surface area contributed by atoms with Gasteiger partial charge in [0.05, 0.1) is 0 Å². The Balaban J connectivity index is 1.81. The SMILES string of the molecule is Cc1ncnc(N2CCCN(Cc3ccc(F)cc3)[C@H](C(C)C)C2)c1C. The van der Waals surface area contributed by atoms with Gasteiger partial charge in [-0.2, -0.15) is 0 Å². The van der Waals surface area contributed by atoms with E-state index in [4.69, 9.17) is 0 Å². The van der Waals surface area contributed by atoms with Crippen LogP contribution in [0.4, 0.5) is 10.2 Å². The average molecular weight is 356 g/mol. The summed E-state index contributed by atoms with van der Waals surface area (Å²) in [6.45, 7) is 12.6. The van der Waals surface area contributed by atoms with Crippen molar-refractivity contribution in [1.82, 2.24) is 14.9 Å². The molecule has 140 valence electrons. The van der Waals surface area contributed by atoms with Crippen LogP contribution in [0.3, 0.4) is 0 Å². The van der Waals surface area contributed by atoms with E-state index < -0.39 is 0 Å². The smallest absolute Gasteiger partial charge is 0.135 e. The Hall–Kier alpha value is -2.01. The second-order valence-corrected chi connectivity index (χ2v) is 7.62. The standard InChI is InChI=1S/C21H29FN4/c1-15(2)20-13-26(21-16(3)17(4)23-14-24-21)11-5-10-25(20)12-18-6-8-19(22)9-7-18/h6-9,14-15,20H,5,10-13H2,1-4H3/t20-/m0/s1. The molecular weight excluding hydrogens is 327 g/mol. The zero-order chi connectivity index (χ0) is 18.7. The van der Waals surface area contributed by atoms with Crippen molar-refractivity contribution in [3.63, 3.8) is 0 Å². The topological polar surface area (TPSA) is 32.3 Å². The van der Waals surface area contributed by atoms with Gasteiger partial charge in [-0.05, 0) is 43.9 Å². The van der Waals surface area contributed by atoms with Crippen LogP contribution in [0.2, 0.25) is 0 Å². The maximum Gasteiger partial charge on any atom is 0.135 e. The molecule has 0 bridgehead atoms. The third-order valence-corrected chi connectivity index (χ3v) is 5.43. The number of hydrogen-bond acceptors (Lipinski definition) is 4. The van der Waals surface area contributed by atoms with Crippen LogP contribution < -0.4 is 4.90 Å². The van der Waals surface area contributed by atoms with Crippen LogP contribution in [-0.4, -0.2) is 40.5 Å². The van der Waals surface area contributed by atoms with E-state index in [0.717, 1.165) is 44.1 Å². The van der Waals surface area contributed by atoms with E-state index in [1.54, 1.807) is 18.5 Å². The molecule has 1 aliphatic heterocycles. The van der Waals surface area contributed by atoms with Crippen LogP contribution in [0.5, 0.6) is 0 Å². The monoisotopic (exact) mass is 356 g/mol. The molecule has 0 N–H and O–H groups in total. The summed E-state index contributed by atoms with van der Waals surface area (Å²) in [4.78, 5) is 13.8. The molecule has 0 saturated carbocycles. The number of aromatic nitrogens is 2. The number of halogens is 1. The van der Waals surface area contributed by atoms with Crippen LogP contribution in [-0.2, 0) is 6.54 Å². The Labute approximate surface area is 156 Å². The van der Waals surface area contributed by atoms with Crippen LogP contribution in [0.25, 0.3) is 0 Å². The zero-order valence-corrected chi connectivity index (χ0v) is 16.2. The van der Waals surface area contributed by atoms with Gasteiger partial charge >= 0.3 is 0 Å². The van der Waals surface area contributed by atoms with Crippen LogP contribution in [0.1, 0.15) is 37.1 Å². The quantitative estimate of drug-likeness (QED) is 0.830. The summed E-state index contributed by atoms with van der Waals surface area (Å²) in [5.41, 5.74) is 3.38. The van der Waals surface area contributed by atoms with Gasteiger partial charge in [0.1, 0.15) is 18.0 Å². The number of nitrogens with zero attached hydrogens (tertiary/aromatic N) is 4. The van der Waals surface area contributed by atoms with Gasteiger partial charge in [-0.3, -0.25) is 4.90 Å². The molecule has 0 amide bonds. The largest absolute Gasteiger partial charge is 0.355 e. The summed E-state index contributed by atoms with van der Waals surface area (Å²) in [7, 11) is 0. The average Bonchev–Trinajstić information content (AvgIpc) is 2.82. The Bertz CT molecular complexity index is 729. The van der Waals surface area contributed by atoms with E-state index in [0.29, 0.717) is 12.0 Å². The fourth-order valence-electron chi connectivity index (χ4n) is 3.75. The van der Waals surface area contributed by atoms with Gasteiger partial charge in [0.2, 0.25) is 0 Å². The second-order valence-electron chi connectivity index (χ2n) is 7.62. The molecule has 0 spiro atoms. The van der Waals surface area contributed by atoms with Gasteiger partial charge in [-0.15, -0.1) is 0 Å². The fourth-order valence-corrected chi connectivity index (χ4v) is 3.75. The predicted molar refractivity (Wildman–Crippen MR) is 104 cm³/mol. The normalized spacial score (nSPS) is 19.0. The Morgan fingerprint density at radius 2 is 1.85 bits per heavy atom. The molecule has 3 rings (SSSR count). The van der Waals surface area contributed by atoms with Gasteiger partial charge in [-0.25, -0.2) is 14.4 Å². The maximum absolute atomic E-state index is 13.2. The molecule has 1 aliphatic rings. The van der Waals surface area contributed by atoms with E-state index in [-0.39, 0.29) is 5.82 Å². The van der Waals surface area contributed by atoms with Crippen molar-refractivity contribution >= 4 is 5.82 Å². The number of hydrogen-bond donors (Lipinski definition) is 0. The van der Waals surface area contributed by atoms with E-state index in [1.807, 2.05) is 19.1 Å². The number of rotatable bonds is 4. The lowest BCUT2D eigenvalue weighted by molar-refractivity contribution is 0.161. The Morgan fingerprint density at radius 3 is 2.54 bits per heavy atom. The van der Waals surface area contributed by atoms with E-state index in [2.05, 4.69) is 40.5 Å². The van der Waals surface area contributed by atoms with Gasteiger partial charge in [0.25, 0.3) is 0 Å². The zero-order valence-electron chi connectivity index (χ0n) is 16.2. The number of anilines is 1. The second kappa shape index (κ2) is 8.12. The van der Waals surface area contributed by atoms with E-state index >= 15 is 0 Å². The number of benzene rings is 1. The molecule has 4 nitrogen and oxygen atoms in total. The molecule has 1 saturated heterocycles. The first-order valence-corrected chi connectivity index (χ1v) is 9.47. The summed E-state index contributed by atoms with van der Waals surface area (Å²) in [6.07, 6.45) is 2.76. The van der Waals surface area contributed by atoms with Crippen molar-refractivity contribution in [1.29, 1.82) is 0 Å². The van der Waals surface area contributed by atoms with E-state index in [1.165, 1.54) is 11.1 Å². The maximum atomic E-state index is 13.2. The highest BCUT2D eigenvalue weighted by molar-refractivity contribution is 5.47. The van der Waals surface area contributed by atoms with Crippen molar-refractivity contribution in [3.05, 3.63) is 53.2 Å². The van der Waals surface area contributed by atoms with Crippen molar-refractivity contribution in [2.75, 3.05) is 24.5 Å². The number of aryl methyl sites for hydroxylation is 1. The highest BCUT2D eigenvalue weighted by Crippen LogP contribution is 2.25.